The number of allylic oxidation sites excluding steroid dienone is 4. The Balaban J connectivity index is 2.00. The molecule has 2 aliphatic heterocycles. The van der Waals surface area contributed by atoms with Crippen molar-refractivity contribution in [1.82, 2.24) is 5.32 Å². The lowest BCUT2D eigenvalue weighted by atomic mass is 9.79. The van der Waals surface area contributed by atoms with Crippen LogP contribution in [0.2, 0.25) is 0 Å². The number of Topliss-reactive ketones (excluding diaryl/α,β-unsaturated/α-hetero) is 1. The smallest absolute Gasteiger partial charge is 0.177 e. The van der Waals surface area contributed by atoms with E-state index >= 15 is 0 Å². The normalized spacial score (nSPS) is 24.9. The molecule has 5 nitrogen and oxygen atoms in total. The average Bonchev–Trinajstić information content (AvgIpc) is 2.85. The van der Waals surface area contributed by atoms with Gasteiger partial charge >= 0.3 is 0 Å². The number of halogens is 2. The number of dihydropyridines is 1. The number of rotatable bonds is 1. The predicted molar refractivity (Wildman–Crippen MR) is 93.0 cm³/mol. The van der Waals surface area contributed by atoms with Gasteiger partial charge in [-0.3, -0.25) is 4.79 Å². The van der Waals surface area contributed by atoms with Gasteiger partial charge in [0.2, 0.25) is 0 Å². The lowest BCUT2D eigenvalue weighted by Crippen LogP contribution is -2.32. The van der Waals surface area contributed by atoms with Crippen molar-refractivity contribution in [2.75, 3.05) is 5.75 Å². The maximum absolute atomic E-state index is 13.7. The Morgan fingerprint density at radius 3 is 2.72 bits per heavy atom. The molecule has 1 aromatic carbocycles. The van der Waals surface area contributed by atoms with E-state index in [0.717, 1.165) is 11.8 Å². The molecule has 0 amide bonds. The Labute approximate surface area is 152 Å². The van der Waals surface area contributed by atoms with Crippen molar-refractivity contribution in [3.8, 4) is 5.75 Å². The van der Waals surface area contributed by atoms with Gasteiger partial charge in [0.05, 0.1) is 21.0 Å². The summed E-state index contributed by atoms with van der Waals surface area (Å²) >= 11 is 3.08. The summed E-state index contributed by atoms with van der Waals surface area (Å²) in [5, 5.41) is 13.4. The number of benzene rings is 1. The monoisotopic (exact) mass is 427 g/mol. The maximum Gasteiger partial charge on any atom is 0.177 e. The third kappa shape index (κ3) is 2.54. The van der Waals surface area contributed by atoms with Crippen molar-refractivity contribution in [3.05, 3.63) is 49.9 Å². The summed E-state index contributed by atoms with van der Waals surface area (Å²) in [6.07, 6.45) is 2.04. The number of sulfone groups is 1. The summed E-state index contributed by atoms with van der Waals surface area (Å²) < 4.78 is 39.1. The first-order valence-electron chi connectivity index (χ1n) is 7.96. The van der Waals surface area contributed by atoms with E-state index < -0.39 is 21.6 Å². The molecule has 1 aromatic rings. The van der Waals surface area contributed by atoms with Gasteiger partial charge in [-0.15, -0.1) is 0 Å². The third-order valence-electron chi connectivity index (χ3n) is 4.94. The topological polar surface area (TPSA) is 83.5 Å². The zero-order valence-electron chi connectivity index (χ0n) is 13.1. The minimum absolute atomic E-state index is 0.0287. The fourth-order valence-electron chi connectivity index (χ4n) is 3.86. The van der Waals surface area contributed by atoms with Crippen LogP contribution in [-0.2, 0) is 14.6 Å². The van der Waals surface area contributed by atoms with Crippen LogP contribution in [0.15, 0.2) is 38.5 Å². The van der Waals surface area contributed by atoms with Crippen LogP contribution in [0.25, 0.3) is 0 Å². The number of ketones is 1. The minimum Gasteiger partial charge on any atom is -0.508 e. The van der Waals surface area contributed by atoms with Crippen LogP contribution in [0.4, 0.5) is 4.39 Å². The largest absolute Gasteiger partial charge is 0.508 e. The van der Waals surface area contributed by atoms with Crippen LogP contribution in [0.3, 0.4) is 0 Å². The maximum atomic E-state index is 13.7. The van der Waals surface area contributed by atoms with Gasteiger partial charge in [0.1, 0.15) is 11.6 Å². The van der Waals surface area contributed by atoms with Gasteiger partial charge < -0.3 is 10.4 Å². The molecule has 0 radical (unpaired) electrons. The van der Waals surface area contributed by atoms with Crippen LogP contribution in [-0.4, -0.2) is 25.1 Å². The van der Waals surface area contributed by atoms with E-state index in [4.69, 9.17) is 0 Å². The first kappa shape index (κ1) is 16.8. The van der Waals surface area contributed by atoms with Crippen molar-refractivity contribution >= 4 is 31.6 Å². The molecule has 0 spiro atoms. The van der Waals surface area contributed by atoms with Gasteiger partial charge in [-0.2, -0.15) is 0 Å². The van der Waals surface area contributed by atoms with Crippen molar-refractivity contribution in [3.63, 3.8) is 0 Å². The number of carbonyl (C=O) groups is 1. The summed E-state index contributed by atoms with van der Waals surface area (Å²) in [7, 11) is -3.55. The highest BCUT2D eigenvalue weighted by Crippen LogP contribution is 2.49. The molecule has 0 unspecified atom stereocenters. The Morgan fingerprint density at radius 1 is 1.20 bits per heavy atom. The van der Waals surface area contributed by atoms with Crippen LogP contribution in [0.1, 0.15) is 37.2 Å². The lowest BCUT2D eigenvalue weighted by Gasteiger charge is -2.33. The number of phenolic OH excluding ortho intramolecular Hbond substituents is 1. The van der Waals surface area contributed by atoms with Crippen molar-refractivity contribution < 1.29 is 22.7 Å². The predicted octanol–water partition coefficient (Wildman–Crippen LogP) is 3.02. The molecule has 3 aliphatic rings. The van der Waals surface area contributed by atoms with E-state index in [-0.39, 0.29) is 32.2 Å². The number of hydrogen-bond acceptors (Lipinski definition) is 5. The quantitative estimate of drug-likeness (QED) is 0.719. The molecular formula is C17H15BrFNO4S. The molecule has 0 aromatic heterocycles. The third-order valence-corrected chi connectivity index (χ3v) is 7.44. The highest BCUT2D eigenvalue weighted by atomic mass is 79.9. The second-order valence-corrected chi connectivity index (χ2v) is 9.40. The van der Waals surface area contributed by atoms with E-state index in [0.29, 0.717) is 37.0 Å². The Hall–Kier alpha value is -1.67. The Kier molecular flexibility index (Phi) is 3.81. The molecule has 25 heavy (non-hydrogen) atoms. The van der Waals surface area contributed by atoms with Crippen molar-refractivity contribution in [2.45, 2.75) is 31.6 Å². The first-order valence-corrected chi connectivity index (χ1v) is 10.4. The standard InChI is InChI=1S/C17H15BrFNO4S/c18-9-6-8(14(22)7-10(9)19)15-16-11(2-1-3-13(16)21)20-12-4-5-25(23,24)17(12)15/h6-7,15,20,22H,1-5H2/t15-/m0/s1. The molecule has 1 aliphatic carbocycles. The average molecular weight is 428 g/mol. The molecule has 2 heterocycles. The zero-order valence-corrected chi connectivity index (χ0v) is 15.5. The van der Waals surface area contributed by atoms with Crippen LogP contribution in [0, 0.1) is 5.82 Å². The van der Waals surface area contributed by atoms with Gasteiger partial charge in [-0.05, 0) is 34.8 Å². The number of aromatic hydroxyl groups is 1. The fraction of sp³-hybridized carbons (Fsp3) is 0.353. The summed E-state index contributed by atoms with van der Waals surface area (Å²) in [6, 6.07) is 2.31. The minimum atomic E-state index is -3.55. The molecule has 0 bridgehead atoms. The van der Waals surface area contributed by atoms with Crippen molar-refractivity contribution in [2.24, 2.45) is 0 Å². The molecule has 132 valence electrons. The molecule has 0 fully saturated rings. The van der Waals surface area contributed by atoms with Gasteiger partial charge in [-0.25, -0.2) is 12.8 Å². The summed E-state index contributed by atoms with van der Waals surface area (Å²) in [5.41, 5.74) is 1.91. The van der Waals surface area contributed by atoms with E-state index in [1.165, 1.54) is 6.07 Å². The summed E-state index contributed by atoms with van der Waals surface area (Å²) in [4.78, 5) is 12.7. The van der Waals surface area contributed by atoms with Gasteiger partial charge in [0, 0.05) is 41.4 Å². The molecule has 0 saturated carbocycles. The van der Waals surface area contributed by atoms with Crippen LogP contribution in [0.5, 0.6) is 5.75 Å². The Morgan fingerprint density at radius 2 is 1.96 bits per heavy atom. The second-order valence-electron chi connectivity index (χ2n) is 6.46. The number of hydrogen-bond donors (Lipinski definition) is 2. The van der Waals surface area contributed by atoms with Gasteiger partial charge in [-0.1, -0.05) is 0 Å². The summed E-state index contributed by atoms with van der Waals surface area (Å²) in [5.74, 6) is -2.05. The molecule has 0 saturated heterocycles. The fourth-order valence-corrected chi connectivity index (χ4v) is 6.04. The number of phenols is 1. The van der Waals surface area contributed by atoms with Crippen molar-refractivity contribution in [1.29, 1.82) is 0 Å². The molecule has 1 atom stereocenters. The summed E-state index contributed by atoms with van der Waals surface area (Å²) in [6.45, 7) is 0. The van der Waals surface area contributed by atoms with Gasteiger partial charge in [0.15, 0.2) is 15.6 Å². The molecule has 4 rings (SSSR count). The molecule has 8 heteroatoms. The molecule has 2 N–H and O–H groups in total. The molecular weight excluding hydrogens is 413 g/mol. The van der Waals surface area contributed by atoms with E-state index in [9.17, 15) is 22.7 Å². The van der Waals surface area contributed by atoms with Gasteiger partial charge in [0.25, 0.3) is 0 Å². The van der Waals surface area contributed by atoms with E-state index in [2.05, 4.69) is 21.2 Å². The number of carbonyl (C=O) groups excluding carboxylic acids is 1. The Bertz CT molecular complexity index is 981. The highest BCUT2D eigenvalue weighted by molar-refractivity contribution is 9.10. The van der Waals surface area contributed by atoms with E-state index in [1.54, 1.807) is 0 Å². The highest BCUT2D eigenvalue weighted by Gasteiger charge is 2.45. The second kappa shape index (κ2) is 5.67. The van der Waals surface area contributed by atoms with Crippen LogP contribution < -0.4 is 5.32 Å². The zero-order chi connectivity index (χ0) is 17.9. The first-order chi connectivity index (χ1) is 11.8. The van der Waals surface area contributed by atoms with E-state index in [1.807, 2.05) is 0 Å². The lowest BCUT2D eigenvalue weighted by molar-refractivity contribution is -0.116. The van der Waals surface area contributed by atoms with Crippen LogP contribution >= 0.6 is 15.9 Å². The number of nitrogens with one attached hydrogen (secondary N) is 1. The SMILES string of the molecule is O=C1CCCC2=C1[C@H](c1cc(Br)c(F)cc1O)C1=C(CCS1(=O)=O)N2.